The third-order valence-corrected chi connectivity index (χ3v) is 3.31. The van der Waals surface area contributed by atoms with E-state index in [2.05, 4.69) is 5.32 Å². The van der Waals surface area contributed by atoms with Crippen molar-refractivity contribution in [3.8, 4) is 6.07 Å². The van der Waals surface area contributed by atoms with E-state index in [1.165, 1.54) is 6.07 Å². The lowest BCUT2D eigenvalue weighted by Crippen LogP contribution is -2.32. The fraction of sp³-hybridized carbons (Fsp3) is 0.500. The van der Waals surface area contributed by atoms with E-state index in [1.54, 1.807) is 0 Å². The Hall–Kier alpha value is -1.74. The molecule has 0 radical (unpaired) electrons. The smallest absolute Gasteiger partial charge is 0.381 e. The van der Waals surface area contributed by atoms with E-state index in [1.807, 2.05) is 13.0 Å². The van der Waals surface area contributed by atoms with Gasteiger partial charge in [0, 0.05) is 12.6 Å². The van der Waals surface area contributed by atoms with Crippen LogP contribution in [-0.4, -0.2) is 18.8 Å². The number of benzene rings is 1. The van der Waals surface area contributed by atoms with Crippen molar-refractivity contribution in [3.63, 3.8) is 0 Å². The molecule has 0 bridgehead atoms. The molecule has 6 heteroatoms. The van der Waals surface area contributed by atoms with Gasteiger partial charge in [-0.1, -0.05) is 0 Å². The normalized spacial score (nSPS) is 23.1. The summed E-state index contributed by atoms with van der Waals surface area (Å²) in [5, 5.41) is 12.1. The Bertz CT molecular complexity index is 522. The van der Waals surface area contributed by atoms with Gasteiger partial charge >= 0.3 is 6.18 Å². The lowest BCUT2D eigenvalue weighted by Gasteiger charge is -2.29. The molecule has 2 atom stereocenters. The van der Waals surface area contributed by atoms with E-state index in [-0.39, 0.29) is 17.7 Å². The Balaban J connectivity index is 2.18. The first-order valence-electron chi connectivity index (χ1n) is 6.39. The minimum Gasteiger partial charge on any atom is -0.381 e. The molecule has 1 aliphatic rings. The van der Waals surface area contributed by atoms with Gasteiger partial charge in [0.05, 0.1) is 22.9 Å². The number of hydrogen-bond donors (Lipinski definition) is 1. The van der Waals surface area contributed by atoms with E-state index in [4.69, 9.17) is 10.00 Å². The van der Waals surface area contributed by atoms with Gasteiger partial charge in [-0.15, -0.1) is 0 Å². The van der Waals surface area contributed by atoms with Crippen molar-refractivity contribution >= 4 is 5.69 Å². The van der Waals surface area contributed by atoms with Crippen LogP contribution in [0.3, 0.4) is 0 Å². The van der Waals surface area contributed by atoms with E-state index in [0.29, 0.717) is 12.3 Å². The molecule has 1 heterocycles. The van der Waals surface area contributed by atoms with Gasteiger partial charge < -0.3 is 10.1 Å². The minimum atomic E-state index is -4.43. The van der Waals surface area contributed by atoms with Gasteiger partial charge in [-0.3, -0.25) is 0 Å². The number of ether oxygens (including phenoxy) is 1. The van der Waals surface area contributed by atoms with Crippen LogP contribution in [-0.2, 0) is 10.9 Å². The molecular formula is C14H15F3N2O. The molecule has 1 saturated heterocycles. The lowest BCUT2D eigenvalue weighted by molar-refractivity contribution is -0.137. The highest BCUT2D eigenvalue weighted by atomic mass is 19.4. The average molecular weight is 284 g/mol. The number of alkyl halides is 3. The predicted molar refractivity (Wildman–Crippen MR) is 68.2 cm³/mol. The molecule has 3 nitrogen and oxygen atoms in total. The van der Waals surface area contributed by atoms with Crippen molar-refractivity contribution in [2.75, 3.05) is 11.9 Å². The fourth-order valence-electron chi connectivity index (χ4n) is 2.29. The summed E-state index contributed by atoms with van der Waals surface area (Å²) >= 11 is 0. The molecule has 1 aliphatic heterocycles. The van der Waals surface area contributed by atoms with Crippen LogP contribution >= 0.6 is 0 Å². The third kappa shape index (κ3) is 3.42. The van der Waals surface area contributed by atoms with E-state index in [9.17, 15) is 13.2 Å². The molecule has 0 saturated carbocycles. The van der Waals surface area contributed by atoms with Crippen molar-refractivity contribution in [2.45, 2.75) is 38.1 Å². The molecule has 20 heavy (non-hydrogen) atoms. The van der Waals surface area contributed by atoms with Crippen molar-refractivity contribution in [1.82, 2.24) is 0 Å². The summed E-state index contributed by atoms with van der Waals surface area (Å²) < 4.78 is 43.2. The van der Waals surface area contributed by atoms with Crippen LogP contribution in [0.4, 0.5) is 18.9 Å². The van der Waals surface area contributed by atoms with Crippen LogP contribution in [0.1, 0.15) is 30.9 Å². The lowest BCUT2D eigenvalue weighted by atomic mass is 10.0. The van der Waals surface area contributed by atoms with Crippen LogP contribution < -0.4 is 5.32 Å². The van der Waals surface area contributed by atoms with Crippen molar-refractivity contribution in [1.29, 1.82) is 5.26 Å². The first-order valence-corrected chi connectivity index (χ1v) is 6.39. The zero-order valence-electron chi connectivity index (χ0n) is 11.0. The Morgan fingerprint density at radius 2 is 2.15 bits per heavy atom. The van der Waals surface area contributed by atoms with Crippen molar-refractivity contribution < 1.29 is 17.9 Å². The van der Waals surface area contributed by atoms with Crippen LogP contribution in [0.25, 0.3) is 0 Å². The summed E-state index contributed by atoms with van der Waals surface area (Å²) in [6, 6.07) is 5.12. The van der Waals surface area contributed by atoms with Crippen molar-refractivity contribution in [2.24, 2.45) is 0 Å². The molecule has 0 aliphatic carbocycles. The fourth-order valence-corrected chi connectivity index (χ4v) is 2.29. The highest BCUT2D eigenvalue weighted by Gasteiger charge is 2.31. The van der Waals surface area contributed by atoms with Gasteiger partial charge in [-0.05, 0) is 38.0 Å². The first kappa shape index (κ1) is 14.7. The van der Waals surface area contributed by atoms with Gasteiger partial charge in [-0.25, -0.2) is 0 Å². The highest BCUT2D eigenvalue weighted by molar-refractivity contribution is 5.59. The standard InChI is InChI=1S/C14H15F3N2O/c1-9-6-12(4-5-20-9)19-13-3-2-11(14(15,16)17)7-10(13)8-18/h2-3,7,9,12,19H,4-6H2,1H3. The van der Waals surface area contributed by atoms with E-state index < -0.39 is 11.7 Å². The Morgan fingerprint density at radius 3 is 2.75 bits per heavy atom. The molecule has 2 rings (SSSR count). The third-order valence-electron chi connectivity index (χ3n) is 3.31. The maximum absolute atomic E-state index is 12.6. The van der Waals surface area contributed by atoms with Crippen LogP contribution in [0, 0.1) is 11.3 Å². The quantitative estimate of drug-likeness (QED) is 0.903. The average Bonchev–Trinajstić information content (AvgIpc) is 2.38. The molecule has 0 amide bonds. The number of nitrogens with zero attached hydrogens (tertiary/aromatic N) is 1. The second-order valence-corrected chi connectivity index (χ2v) is 4.92. The number of nitrogens with one attached hydrogen (secondary N) is 1. The molecular weight excluding hydrogens is 269 g/mol. The summed E-state index contributed by atoms with van der Waals surface area (Å²) in [5.74, 6) is 0. The molecule has 0 aromatic heterocycles. The summed E-state index contributed by atoms with van der Waals surface area (Å²) in [4.78, 5) is 0. The van der Waals surface area contributed by atoms with Gasteiger partial charge in [0.1, 0.15) is 6.07 Å². The van der Waals surface area contributed by atoms with E-state index >= 15 is 0 Å². The first-order chi connectivity index (χ1) is 9.40. The number of nitriles is 1. The SMILES string of the molecule is CC1CC(Nc2ccc(C(F)(F)F)cc2C#N)CCO1. The molecule has 1 aromatic rings. The summed E-state index contributed by atoms with van der Waals surface area (Å²) in [6.45, 7) is 2.56. The zero-order chi connectivity index (χ0) is 14.8. The minimum absolute atomic E-state index is 0.0129. The van der Waals surface area contributed by atoms with Crippen molar-refractivity contribution in [3.05, 3.63) is 29.3 Å². The summed E-state index contributed by atoms with van der Waals surface area (Å²) in [7, 11) is 0. The number of rotatable bonds is 2. The topological polar surface area (TPSA) is 45.0 Å². The van der Waals surface area contributed by atoms with Gasteiger partial charge in [0.15, 0.2) is 0 Å². The molecule has 2 unspecified atom stereocenters. The van der Waals surface area contributed by atoms with E-state index in [0.717, 1.165) is 25.0 Å². The molecule has 0 spiro atoms. The van der Waals surface area contributed by atoms with Crippen LogP contribution in [0.5, 0.6) is 0 Å². The number of anilines is 1. The van der Waals surface area contributed by atoms with Crippen LogP contribution in [0.2, 0.25) is 0 Å². The predicted octanol–water partition coefficient (Wildman–Crippen LogP) is 3.56. The Kier molecular flexibility index (Phi) is 4.19. The summed E-state index contributed by atoms with van der Waals surface area (Å²) in [5.41, 5.74) is -0.349. The monoisotopic (exact) mass is 284 g/mol. The van der Waals surface area contributed by atoms with Crippen LogP contribution in [0.15, 0.2) is 18.2 Å². The zero-order valence-corrected chi connectivity index (χ0v) is 11.0. The Labute approximate surface area is 115 Å². The molecule has 1 fully saturated rings. The molecule has 1 N–H and O–H groups in total. The molecule has 1 aromatic carbocycles. The van der Waals surface area contributed by atoms with Gasteiger partial charge in [0.25, 0.3) is 0 Å². The maximum atomic E-state index is 12.6. The number of hydrogen-bond acceptors (Lipinski definition) is 3. The number of halogens is 3. The maximum Gasteiger partial charge on any atom is 0.416 e. The van der Waals surface area contributed by atoms with Gasteiger partial charge in [-0.2, -0.15) is 18.4 Å². The highest BCUT2D eigenvalue weighted by Crippen LogP contribution is 2.32. The van der Waals surface area contributed by atoms with Gasteiger partial charge in [0.2, 0.25) is 0 Å². The summed E-state index contributed by atoms with van der Waals surface area (Å²) in [6.07, 6.45) is -2.78. The Morgan fingerprint density at radius 1 is 1.40 bits per heavy atom. The second kappa shape index (κ2) is 5.71. The second-order valence-electron chi connectivity index (χ2n) is 4.92. The molecule has 108 valence electrons. The largest absolute Gasteiger partial charge is 0.416 e.